The lowest BCUT2D eigenvalue weighted by Crippen LogP contribution is -2.30. The number of carboxylic acids is 1. The predicted molar refractivity (Wildman–Crippen MR) is 114 cm³/mol. The first-order chi connectivity index (χ1) is 13.2. The summed E-state index contributed by atoms with van der Waals surface area (Å²) in [6.07, 6.45) is 1.41. The number of benzene rings is 2. The highest BCUT2D eigenvalue weighted by molar-refractivity contribution is 7.99. The van der Waals surface area contributed by atoms with Crippen molar-refractivity contribution in [2.45, 2.75) is 31.4 Å². The maximum absolute atomic E-state index is 11.5. The monoisotopic (exact) mass is 401 g/mol. The van der Waals surface area contributed by atoms with Gasteiger partial charge in [-0.15, -0.1) is 0 Å². The summed E-state index contributed by atoms with van der Waals surface area (Å²) in [6.45, 7) is 6.35. The third-order valence-corrected chi connectivity index (χ3v) is 5.56. The third kappa shape index (κ3) is 6.02. The summed E-state index contributed by atoms with van der Waals surface area (Å²) in [5.41, 5.74) is 4.54. The molecule has 2 aromatic carbocycles. The highest BCUT2D eigenvalue weighted by atomic mass is 32.2. The minimum absolute atomic E-state index is 0.0250. The van der Waals surface area contributed by atoms with Gasteiger partial charge in [0.15, 0.2) is 0 Å². The highest BCUT2D eigenvalue weighted by Gasteiger charge is 2.28. The van der Waals surface area contributed by atoms with Crippen LogP contribution < -0.4 is 5.32 Å². The molecule has 0 bridgehead atoms. The fourth-order valence-electron chi connectivity index (χ4n) is 2.80. The first kappa shape index (κ1) is 21.8. The van der Waals surface area contributed by atoms with Crippen molar-refractivity contribution in [1.82, 2.24) is 5.32 Å². The summed E-state index contributed by atoms with van der Waals surface area (Å²) in [5, 5.41) is 10.7. The number of carbonyl (C=O) groups excluding carboxylic acids is 1. The number of hydrogen-bond acceptors (Lipinski definition) is 4. The maximum Gasteiger partial charge on any atom is 0.407 e. The van der Waals surface area contributed by atoms with Crippen LogP contribution in [0.3, 0.4) is 0 Å². The van der Waals surface area contributed by atoms with Crippen molar-refractivity contribution in [2.75, 3.05) is 19.4 Å². The topological polar surface area (TPSA) is 75.6 Å². The zero-order chi connectivity index (χ0) is 20.7. The summed E-state index contributed by atoms with van der Waals surface area (Å²) >= 11 is 1.88. The molecule has 0 saturated heterocycles. The van der Waals surface area contributed by atoms with Crippen LogP contribution in [0.5, 0.6) is 0 Å². The third-order valence-electron chi connectivity index (χ3n) is 4.34. The number of aliphatic carboxylic acids is 1. The van der Waals surface area contributed by atoms with E-state index in [2.05, 4.69) is 44.5 Å². The van der Waals surface area contributed by atoms with Crippen molar-refractivity contribution in [3.8, 4) is 11.1 Å². The van der Waals surface area contributed by atoms with Gasteiger partial charge in [0.05, 0.1) is 0 Å². The number of carboxylic acid groups (broad SMARTS) is 1. The first-order valence-corrected chi connectivity index (χ1v) is 10.3. The van der Waals surface area contributed by atoms with Gasteiger partial charge in [0, 0.05) is 10.7 Å². The molecule has 3 rings (SSSR count). The second-order valence-electron chi connectivity index (χ2n) is 7.39. The summed E-state index contributed by atoms with van der Waals surface area (Å²) in [5.74, 6) is -1.13. The fraction of sp³-hybridized carbons (Fsp3) is 0.364. The Bertz CT molecular complexity index is 784. The molecule has 0 heterocycles. The molecule has 0 spiro atoms. The van der Waals surface area contributed by atoms with Crippen LogP contribution in [-0.2, 0) is 9.53 Å². The molecule has 150 valence electrons. The molecule has 0 saturated carbocycles. The van der Waals surface area contributed by atoms with E-state index < -0.39 is 18.6 Å². The average Bonchev–Trinajstić information content (AvgIpc) is 2.98. The number of nitrogens with one attached hydrogen (secondary N) is 1. The minimum atomic E-state index is -1.10. The molecule has 0 radical (unpaired) electrons. The van der Waals surface area contributed by atoms with E-state index in [-0.39, 0.29) is 12.5 Å². The fourth-order valence-corrected chi connectivity index (χ4v) is 2.80. The average molecular weight is 402 g/mol. The van der Waals surface area contributed by atoms with Crippen molar-refractivity contribution in [3.63, 3.8) is 0 Å². The summed E-state index contributed by atoms with van der Waals surface area (Å²) in [6, 6.07) is 16.1. The molecular weight excluding hydrogens is 374 g/mol. The van der Waals surface area contributed by atoms with E-state index in [1.165, 1.54) is 0 Å². The first-order valence-electron chi connectivity index (χ1n) is 9.08. The molecule has 28 heavy (non-hydrogen) atoms. The smallest absolute Gasteiger partial charge is 0.407 e. The number of ether oxygens (including phenoxy) is 1. The molecule has 1 aliphatic rings. The van der Waals surface area contributed by atoms with Crippen LogP contribution in [-0.4, -0.2) is 41.3 Å². The number of hydrogen-bond donors (Lipinski definition) is 2. The largest absolute Gasteiger partial charge is 0.480 e. The van der Waals surface area contributed by atoms with Gasteiger partial charge in [-0.3, -0.25) is 4.79 Å². The minimum Gasteiger partial charge on any atom is -0.480 e. The second-order valence-corrected chi connectivity index (χ2v) is 9.02. The van der Waals surface area contributed by atoms with E-state index in [1.807, 2.05) is 48.2 Å². The van der Waals surface area contributed by atoms with Gasteiger partial charge in [0.25, 0.3) is 0 Å². The Morgan fingerprint density at radius 3 is 1.93 bits per heavy atom. The molecule has 0 aromatic heterocycles. The van der Waals surface area contributed by atoms with E-state index >= 15 is 0 Å². The number of fused-ring (bicyclic) bond motifs is 3. The summed E-state index contributed by atoms with van der Waals surface area (Å²) in [4.78, 5) is 22.0. The van der Waals surface area contributed by atoms with Crippen LogP contribution in [0.2, 0.25) is 0 Å². The van der Waals surface area contributed by atoms with E-state index in [1.54, 1.807) is 0 Å². The van der Waals surface area contributed by atoms with Crippen LogP contribution >= 0.6 is 11.8 Å². The van der Waals surface area contributed by atoms with Gasteiger partial charge in [0.1, 0.15) is 13.2 Å². The lowest BCUT2D eigenvalue weighted by molar-refractivity contribution is -0.135. The van der Waals surface area contributed by atoms with Crippen LogP contribution in [0.15, 0.2) is 48.5 Å². The number of alkyl carbamates (subject to hydrolysis) is 1. The lowest BCUT2D eigenvalue weighted by Gasteiger charge is -2.14. The van der Waals surface area contributed by atoms with Gasteiger partial charge in [-0.25, -0.2) is 4.79 Å². The Labute approximate surface area is 170 Å². The highest BCUT2D eigenvalue weighted by Crippen LogP contribution is 2.44. The van der Waals surface area contributed by atoms with Gasteiger partial charge >= 0.3 is 12.1 Å². The molecule has 0 atom stereocenters. The zero-order valence-corrected chi connectivity index (χ0v) is 17.5. The van der Waals surface area contributed by atoms with E-state index in [9.17, 15) is 9.59 Å². The quantitative estimate of drug-likeness (QED) is 0.773. The van der Waals surface area contributed by atoms with Crippen LogP contribution in [0.1, 0.15) is 37.8 Å². The van der Waals surface area contributed by atoms with E-state index in [0.717, 1.165) is 22.3 Å². The predicted octanol–water partition coefficient (Wildman–Crippen LogP) is 4.76. The summed E-state index contributed by atoms with van der Waals surface area (Å²) in [7, 11) is 0. The SMILES string of the molecule is CSC(C)(C)C.O=C(O)CNC(=O)OCC1c2ccccc2-c2ccccc21. The van der Waals surface area contributed by atoms with Crippen LogP contribution in [0, 0.1) is 0 Å². The molecule has 1 aliphatic carbocycles. The zero-order valence-electron chi connectivity index (χ0n) is 16.7. The van der Waals surface area contributed by atoms with Gasteiger partial charge in [-0.05, 0) is 28.5 Å². The number of thioether (sulfide) groups is 1. The number of amides is 1. The number of rotatable bonds is 4. The molecule has 2 aromatic rings. The van der Waals surface area contributed by atoms with E-state index in [0.29, 0.717) is 4.75 Å². The molecular formula is C22H27NO4S. The van der Waals surface area contributed by atoms with Gasteiger partial charge in [0.2, 0.25) is 0 Å². The van der Waals surface area contributed by atoms with Crippen molar-refractivity contribution < 1.29 is 19.4 Å². The molecule has 0 fully saturated rings. The molecule has 6 heteroatoms. The lowest BCUT2D eigenvalue weighted by atomic mass is 9.98. The molecule has 0 aliphatic heterocycles. The Morgan fingerprint density at radius 2 is 1.50 bits per heavy atom. The van der Waals surface area contributed by atoms with Gasteiger partial charge in [-0.1, -0.05) is 69.3 Å². The van der Waals surface area contributed by atoms with Gasteiger partial charge < -0.3 is 15.2 Å². The van der Waals surface area contributed by atoms with Crippen molar-refractivity contribution in [1.29, 1.82) is 0 Å². The normalized spacial score (nSPS) is 12.3. The van der Waals surface area contributed by atoms with Crippen molar-refractivity contribution in [3.05, 3.63) is 59.7 Å². The molecule has 0 unspecified atom stereocenters. The van der Waals surface area contributed by atoms with Crippen molar-refractivity contribution in [2.24, 2.45) is 0 Å². The standard InChI is InChI=1S/C17H15NO4.C5H12S/c19-16(20)9-18-17(21)22-10-15-13-7-3-1-5-11(13)12-6-2-4-8-14(12)15;1-5(2,3)6-4/h1-8,15H,9-10H2,(H,18,21)(H,19,20);1-4H3. The molecule has 2 N–H and O–H groups in total. The Balaban J connectivity index is 0.000000409. The van der Waals surface area contributed by atoms with Crippen molar-refractivity contribution >= 4 is 23.8 Å². The number of carbonyl (C=O) groups is 2. The molecule has 5 nitrogen and oxygen atoms in total. The van der Waals surface area contributed by atoms with E-state index in [4.69, 9.17) is 9.84 Å². The summed E-state index contributed by atoms with van der Waals surface area (Å²) < 4.78 is 5.64. The van der Waals surface area contributed by atoms with Gasteiger partial charge in [-0.2, -0.15) is 11.8 Å². The van der Waals surface area contributed by atoms with Crippen LogP contribution in [0.25, 0.3) is 11.1 Å². The molecule has 1 amide bonds. The Kier molecular flexibility index (Phi) is 7.52. The van der Waals surface area contributed by atoms with Crippen LogP contribution in [0.4, 0.5) is 4.79 Å². The second kappa shape index (κ2) is 9.64. The Morgan fingerprint density at radius 1 is 1.04 bits per heavy atom. The Hall–Kier alpha value is -2.47. The maximum atomic E-state index is 11.5.